The molecule has 3 aromatic carbocycles. The highest BCUT2D eigenvalue weighted by Gasteiger charge is 2.72. The summed E-state index contributed by atoms with van der Waals surface area (Å²) < 4.78 is 26.6. The topological polar surface area (TPSA) is 40.6 Å². The highest BCUT2D eigenvalue weighted by Crippen LogP contribution is 2.74. The summed E-state index contributed by atoms with van der Waals surface area (Å²) in [5, 5.41) is 0. The fraction of sp³-hybridized carbons (Fsp3) is 0.280. The zero-order chi connectivity index (χ0) is 20.9. The third kappa shape index (κ3) is 1.99. The number of fused-ring (bicyclic) bond motifs is 8. The predicted octanol–water partition coefficient (Wildman–Crippen LogP) is 5.11. The van der Waals surface area contributed by atoms with Crippen molar-refractivity contribution < 1.29 is 8.42 Å². The Morgan fingerprint density at radius 1 is 0.833 bits per heavy atom. The second-order valence-corrected chi connectivity index (χ2v) is 11.2. The number of hydrogen-bond acceptors (Lipinski definition) is 4. The Morgan fingerprint density at radius 3 is 2.23 bits per heavy atom. The molecular formula is C25H24N2O2S. The van der Waals surface area contributed by atoms with Crippen LogP contribution in [0.2, 0.25) is 0 Å². The van der Waals surface area contributed by atoms with Gasteiger partial charge in [0, 0.05) is 23.6 Å². The van der Waals surface area contributed by atoms with Crippen molar-refractivity contribution >= 4 is 26.9 Å². The van der Waals surface area contributed by atoms with E-state index in [0.29, 0.717) is 9.79 Å². The Hall–Kier alpha value is -2.79. The summed E-state index contributed by atoms with van der Waals surface area (Å²) in [6.45, 7) is 4.63. The van der Waals surface area contributed by atoms with Crippen molar-refractivity contribution in [1.29, 1.82) is 0 Å². The number of benzene rings is 3. The molecule has 3 atom stereocenters. The minimum absolute atomic E-state index is 0.0397. The van der Waals surface area contributed by atoms with E-state index in [1.807, 2.05) is 18.2 Å². The largest absolute Gasteiger partial charge is 0.352 e. The van der Waals surface area contributed by atoms with Crippen molar-refractivity contribution in [3.63, 3.8) is 0 Å². The van der Waals surface area contributed by atoms with E-state index in [9.17, 15) is 8.42 Å². The van der Waals surface area contributed by atoms with Crippen LogP contribution in [0.5, 0.6) is 0 Å². The molecule has 0 aromatic heterocycles. The number of anilines is 3. The normalized spacial score (nSPS) is 28.4. The van der Waals surface area contributed by atoms with Crippen LogP contribution in [-0.2, 0) is 15.3 Å². The Morgan fingerprint density at radius 2 is 1.50 bits per heavy atom. The standard InChI is InChI=1S/C25H24N2O2S/c1-24-16-25(24,2)23-26(3)21-11-7-8-12-22(21)27(23)20-14-13-18(15-19(20)24)30(28,29)17-9-5-4-6-10-17/h4-15,23H,16H2,1-3H3. The maximum Gasteiger partial charge on any atom is 0.206 e. The van der Waals surface area contributed by atoms with Gasteiger partial charge in [-0.15, -0.1) is 0 Å². The first-order chi connectivity index (χ1) is 14.3. The van der Waals surface area contributed by atoms with Gasteiger partial charge in [0.05, 0.1) is 21.2 Å². The van der Waals surface area contributed by atoms with Gasteiger partial charge in [0.25, 0.3) is 0 Å². The van der Waals surface area contributed by atoms with E-state index in [1.165, 1.54) is 11.4 Å². The lowest BCUT2D eigenvalue weighted by Crippen LogP contribution is -2.50. The van der Waals surface area contributed by atoms with Gasteiger partial charge in [-0.2, -0.15) is 0 Å². The predicted molar refractivity (Wildman–Crippen MR) is 119 cm³/mol. The quantitative estimate of drug-likeness (QED) is 0.582. The minimum atomic E-state index is -3.55. The maximum absolute atomic E-state index is 13.3. The molecular weight excluding hydrogens is 392 g/mol. The Balaban J connectivity index is 1.57. The van der Waals surface area contributed by atoms with Crippen LogP contribution in [0.1, 0.15) is 25.8 Å². The highest BCUT2D eigenvalue weighted by atomic mass is 32.2. The Kier molecular flexibility index (Phi) is 3.28. The van der Waals surface area contributed by atoms with Crippen LogP contribution >= 0.6 is 0 Å². The first-order valence-corrected chi connectivity index (χ1v) is 11.8. The first kappa shape index (κ1) is 18.0. The van der Waals surface area contributed by atoms with Crippen LogP contribution in [0.3, 0.4) is 0 Å². The zero-order valence-electron chi connectivity index (χ0n) is 17.3. The van der Waals surface area contributed by atoms with Crippen molar-refractivity contribution in [2.24, 2.45) is 5.41 Å². The van der Waals surface area contributed by atoms with Gasteiger partial charge >= 0.3 is 0 Å². The van der Waals surface area contributed by atoms with E-state index in [-0.39, 0.29) is 17.0 Å². The monoisotopic (exact) mass is 416 g/mol. The summed E-state index contributed by atoms with van der Waals surface area (Å²) in [7, 11) is -1.37. The average Bonchev–Trinajstić information content (AvgIpc) is 3.22. The van der Waals surface area contributed by atoms with Crippen molar-refractivity contribution in [3.05, 3.63) is 78.4 Å². The molecule has 1 fully saturated rings. The molecule has 30 heavy (non-hydrogen) atoms. The van der Waals surface area contributed by atoms with Crippen molar-refractivity contribution in [3.8, 4) is 0 Å². The number of sulfone groups is 1. The number of nitrogens with zero attached hydrogens (tertiary/aromatic N) is 2. The van der Waals surface area contributed by atoms with E-state index in [1.54, 1.807) is 30.3 Å². The van der Waals surface area contributed by atoms with E-state index < -0.39 is 9.84 Å². The van der Waals surface area contributed by atoms with Gasteiger partial charge in [0.1, 0.15) is 6.17 Å². The summed E-state index contributed by atoms with van der Waals surface area (Å²) in [5.41, 5.74) is 4.71. The summed E-state index contributed by atoms with van der Waals surface area (Å²) in [4.78, 5) is 5.52. The molecule has 0 saturated heterocycles. The zero-order valence-corrected chi connectivity index (χ0v) is 18.1. The second kappa shape index (κ2) is 5.46. The molecule has 3 unspecified atom stereocenters. The van der Waals surface area contributed by atoms with Gasteiger partial charge in [-0.1, -0.05) is 44.2 Å². The van der Waals surface area contributed by atoms with Crippen molar-refractivity contribution in [2.75, 3.05) is 16.8 Å². The smallest absolute Gasteiger partial charge is 0.206 e. The third-order valence-corrected chi connectivity index (χ3v) is 9.51. The Bertz CT molecular complexity index is 1300. The summed E-state index contributed by atoms with van der Waals surface area (Å²) in [5.74, 6) is 0. The molecule has 3 aromatic rings. The molecule has 1 aliphatic carbocycles. The summed E-state index contributed by atoms with van der Waals surface area (Å²) >= 11 is 0. The van der Waals surface area contributed by atoms with Crippen LogP contribution in [0.15, 0.2) is 82.6 Å². The SMILES string of the molecule is CN1c2ccccc2N2c3ccc(S(=O)(=O)c4ccccc4)cc3C3(C)CC3(C)C12. The highest BCUT2D eigenvalue weighted by molar-refractivity contribution is 7.91. The molecule has 2 aliphatic heterocycles. The Labute approximate surface area is 177 Å². The fourth-order valence-electron chi connectivity index (χ4n) is 5.92. The van der Waals surface area contributed by atoms with E-state index >= 15 is 0 Å². The average molecular weight is 417 g/mol. The maximum atomic E-state index is 13.3. The van der Waals surface area contributed by atoms with Gasteiger partial charge in [-0.25, -0.2) is 8.42 Å². The second-order valence-electron chi connectivity index (χ2n) is 9.27. The third-order valence-electron chi connectivity index (χ3n) is 7.74. The van der Waals surface area contributed by atoms with Crippen LogP contribution in [0.25, 0.3) is 0 Å². The lowest BCUT2D eigenvalue weighted by molar-refractivity contribution is 0.365. The lowest BCUT2D eigenvalue weighted by atomic mass is 9.81. The first-order valence-electron chi connectivity index (χ1n) is 10.3. The van der Waals surface area contributed by atoms with Crippen LogP contribution in [0.4, 0.5) is 17.1 Å². The molecule has 4 nitrogen and oxygen atoms in total. The molecule has 5 heteroatoms. The van der Waals surface area contributed by atoms with Gasteiger partial charge in [-0.05, 0) is 54.4 Å². The molecule has 0 spiro atoms. The molecule has 3 aliphatic rings. The minimum Gasteiger partial charge on any atom is -0.352 e. The fourth-order valence-corrected chi connectivity index (χ4v) is 7.22. The molecule has 6 rings (SSSR count). The summed E-state index contributed by atoms with van der Waals surface area (Å²) in [6.07, 6.45) is 1.28. The van der Waals surface area contributed by atoms with Gasteiger partial charge in [0.2, 0.25) is 9.84 Å². The molecule has 0 amide bonds. The molecule has 0 radical (unpaired) electrons. The van der Waals surface area contributed by atoms with Crippen LogP contribution in [-0.4, -0.2) is 21.6 Å². The lowest BCUT2D eigenvalue weighted by Gasteiger charge is -2.44. The van der Waals surface area contributed by atoms with Crippen LogP contribution in [0, 0.1) is 5.41 Å². The molecule has 0 N–H and O–H groups in total. The van der Waals surface area contributed by atoms with Gasteiger partial charge in [0.15, 0.2) is 0 Å². The van der Waals surface area contributed by atoms with E-state index in [0.717, 1.165) is 17.7 Å². The van der Waals surface area contributed by atoms with Crippen LogP contribution < -0.4 is 9.80 Å². The van der Waals surface area contributed by atoms with E-state index in [4.69, 9.17) is 0 Å². The number of rotatable bonds is 2. The molecule has 0 bridgehead atoms. The number of para-hydroxylation sites is 2. The van der Waals surface area contributed by atoms with Crippen molar-refractivity contribution in [2.45, 2.75) is 41.6 Å². The van der Waals surface area contributed by atoms with Crippen molar-refractivity contribution in [1.82, 2.24) is 0 Å². The summed E-state index contributed by atoms with van der Waals surface area (Å²) in [6, 6.07) is 22.9. The molecule has 152 valence electrons. The molecule has 2 heterocycles. The van der Waals surface area contributed by atoms with E-state index in [2.05, 4.69) is 55.0 Å². The van der Waals surface area contributed by atoms with Gasteiger partial charge in [-0.3, -0.25) is 0 Å². The number of hydrogen-bond donors (Lipinski definition) is 0. The molecule has 1 saturated carbocycles. The van der Waals surface area contributed by atoms with Gasteiger partial charge < -0.3 is 9.80 Å².